The first-order valence-corrected chi connectivity index (χ1v) is 5.46. The van der Waals surface area contributed by atoms with E-state index in [1.54, 1.807) is 29.2 Å². The molecule has 0 radical (unpaired) electrons. The first-order valence-electron chi connectivity index (χ1n) is 5.46. The average molecular weight is 247 g/mol. The van der Waals surface area contributed by atoms with Crippen LogP contribution in [0.3, 0.4) is 0 Å². The summed E-state index contributed by atoms with van der Waals surface area (Å²) in [5.41, 5.74) is 1.69. The normalized spacial score (nSPS) is 10.1. The van der Waals surface area contributed by atoms with E-state index < -0.39 is 0 Å². The second-order valence-electron chi connectivity index (χ2n) is 3.71. The molecule has 5 heteroatoms. The predicted octanol–water partition coefficient (Wildman–Crippen LogP) is 2.74. The average Bonchev–Trinajstić information content (AvgIpc) is 2.84. The van der Waals surface area contributed by atoms with Crippen LogP contribution in [0.4, 0.5) is 10.1 Å². The van der Waals surface area contributed by atoms with Gasteiger partial charge in [0.15, 0.2) is 11.6 Å². The number of methoxy groups -OCH3 is 1. The third-order valence-corrected chi connectivity index (χ3v) is 2.49. The Morgan fingerprint density at radius 2 is 2.39 bits per heavy atom. The van der Waals surface area contributed by atoms with E-state index in [9.17, 15) is 4.39 Å². The fourth-order valence-electron chi connectivity index (χ4n) is 1.55. The Kier molecular flexibility index (Phi) is 3.62. The molecule has 0 saturated heterocycles. The molecule has 0 bridgehead atoms. The molecule has 0 saturated carbocycles. The quantitative estimate of drug-likeness (QED) is 0.883. The Bertz CT molecular complexity index is 551. The molecule has 0 aliphatic heterocycles. The molecule has 1 aromatic heterocycles. The van der Waals surface area contributed by atoms with Gasteiger partial charge in [-0.25, -0.2) is 9.07 Å². The summed E-state index contributed by atoms with van der Waals surface area (Å²) in [6, 6.07) is 4.75. The maximum Gasteiger partial charge on any atom is 0.167 e. The highest BCUT2D eigenvalue weighted by Crippen LogP contribution is 2.20. The van der Waals surface area contributed by atoms with Crippen molar-refractivity contribution in [3.8, 4) is 5.75 Å². The third-order valence-electron chi connectivity index (χ3n) is 2.49. The van der Waals surface area contributed by atoms with Gasteiger partial charge in [0.25, 0.3) is 0 Å². The monoisotopic (exact) mass is 247 g/mol. The molecule has 2 rings (SSSR count). The smallest absolute Gasteiger partial charge is 0.167 e. The Morgan fingerprint density at radius 3 is 3.00 bits per heavy atom. The number of ether oxygens (including phenoxy) is 1. The minimum absolute atomic E-state index is 0.236. The molecule has 1 N–H and O–H groups in total. The van der Waals surface area contributed by atoms with Gasteiger partial charge in [0.1, 0.15) is 0 Å². The van der Waals surface area contributed by atoms with E-state index in [0.29, 0.717) is 12.2 Å². The van der Waals surface area contributed by atoms with Crippen molar-refractivity contribution in [3.63, 3.8) is 0 Å². The van der Waals surface area contributed by atoms with Crippen molar-refractivity contribution in [3.05, 3.63) is 48.6 Å². The molecule has 0 amide bonds. The summed E-state index contributed by atoms with van der Waals surface area (Å²) in [6.45, 7) is 4.18. The summed E-state index contributed by atoms with van der Waals surface area (Å²) in [4.78, 5) is 0. The van der Waals surface area contributed by atoms with Crippen LogP contribution in [0.1, 0.15) is 5.56 Å². The van der Waals surface area contributed by atoms with Crippen molar-refractivity contribution in [2.24, 2.45) is 0 Å². The molecule has 0 aliphatic rings. The van der Waals surface area contributed by atoms with E-state index in [0.717, 1.165) is 5.56 Å². The van der Waals surface area contributed by atoms with Gasteiger partial charge in [0.05, 0.1) is 13.3 Å². The maximum atomic E-state index is 13.4. The van der Waals surface area contributed by atoms with Gasteiger partial charge in [0.2, 0.25) is 0 Å². The summed E-state index contributed by atoms with van der Waals surface area (Å²) in [5.74, 6) is -0.149. The maximum absolute atomic E-state index is 13.4. The summed E-state index contributed by atoms with van der Waals surface area (Å²) >= 11 is 0. The lowest BCUT2D eigenvalue weighted by atomic mass is 10.2. The molecular weight excluding hydrogens is 233 g/mol. The van der Waals surface area contributed by atoms with Crippen molar-refractivity contribution in [1.29, 1.82) is 0 Å². The van der Waals surface area contributed by atoms with Crippen molar-refractivity contribution in [2.75, 3.05) is 12.4 Å². The van der Waals surface area contributed by atoms with Crippen molar-refractivity contribution in [2.45, 2.75) is 6.54 Å². The van der Waals surface area contributed by atoms with Gasteiger partial charge in [-0.15, -0.1) is 0 Å². The van der Waals surface area contributed by atoms with Crippen LogP contribution in [0, 0.1) is 5.82 Å². The number of hydrogen-bond donors (Lipinski definition) is 1. The molecule has 94 valence electrons. The zero-order valence-electron chi connectivity index (χ0n) is 10.1. The van der Waals surface area contributed by atoms with Crippen LogP contribution in [0.25, 0.3) is 6.20 Å². The molecule has 0 spiro atoms. The lowest BCUT2D eigenvalue weighted by Crippen LogP contribution is -1.99. The minimum Gasteiger partial charge on any atom is -0.494 e. The molecular formula is C13H14FN3O. The van der Waals surface area contributed by atoms with Crippen molar-refractivity contribution >= 4 is 11.9 Å². The van der Waals surface area contributed by atoms with E-state index in [1.807, 2.05) is 6.20 Å². The molecule has 0 unspecified atom stereocenters. The van der Waals surface area contributed by atoms with Crippen molar-refractivity contribution in [1.82, 2.24) is 9.78 Å². The zero-order valence-corrected chi connectivity index (χ0v) is 10.1. The van der Waals surface area contributed by atoms with E-state index in [-0.39, 0.29) is 11.6 Å². The number of aromatic nitrogens is 2. The molecule has 4 nitrogen and oxygen atoms in total. The Balaban J connectivity index is 2.01. The summed E-state index contributed by atoms with van der Waals surface area (Å²) in [6.07, 6.45) is 5.19. The molecule has 0 atom stereocenters. The molecule has 18 heavy (non-hydrogen) atoms. The lowest BCUT2D eigenvalue weighted by molar-refractivity contribution is 0.386. The second kappa shape index (κ2) is 5.35. The Morgan fingerprint density at radius 1 is 1.56 bits per heavy atom. The van der Waals surface area contributed by atoms with Gasteiger partial charge in [0, 0.05) is 36.3 Å². The predicted molar refractivity (Wildman–Crippen MR) is 68.9 cm³/mol. The number of halogens is 1. The summed E-state index contributed by atoms with van der Waals surface area (Å²) in [5, 5.41) is 7.16. The van der Waals surface area contributed by atoms with Crippen LogP contribution < -0.4 is 10.1 Å². The molecule has 0 aliphatic carbocycles. The third kappa shape index (κ3) is 2.68. The number of rotatable bonds is 5. The van der Waals surface area contributed by atoms with Crippen molar-refractivity contribution < 1.29 is 9.13 Å². The largest absolute Gasteiger partial charge is 0.494 e. The highest BCUT2D eigenvalue weighted by atomic mass is 19.1. The van der Waals surface area contributed by atoms with E-state index in [1.165, 1.54) is 13.2 Å². The van der Waals surface area contributed by atoms with Gasteiger partial charge >= 0.3 is 0 Å². The van der Waals surface area contributed by atoms with Gasteiger partial charge in [-0.05, 0) is 12.1 Å². The van der Waals surface area contributed by atoms with Gasteiger partial charge < -0.3 is 10.1 Å². The summed E-state index contributed by atoms with van der Waals surface area (Å²) in [7, 11) is 1.44. The van der Waals surface area contributed by atoms with Crippen LogP contribution in [0.2, 0.25) is 0 Å². The molecule has 0 fully saturated rings. The Labute approximate surface area is 105 Å². The van der Waals surface area contributed by atoms with E-state index >= 15 is 0 Å². The van der Waals surface area contributed by atoms with E-state index in [4.69, 9.17) is 4.74 Å². The first-order chi connectivity index (χ1) is 8.72. The SMILES string of the molecule is C=Cn1cc(CNc2ccc(OC)c(F)c2)cn1. The standard InChI is InChI=1S/C13H14FN3O/c1-3-17-9-10(8-16-17)7-15-11-4-5-13(18-2)12(14)6-11/h3-6,8-9,15H,1,7H2,2H3. The molecule has 1 aromatic carbocycles. The second-order valence-corrected chi connectivity index (χ2v) is 3.71. The van der Waals surface area contributed by atoms with Gasteiger partial charge in [-0.2, -0.15) is 5.10 Å². The van der Waals surface area contributed by atoms with Crippen LogP contribution in [-0.4, -0.2) is 16.9 Å². The number of hydrogen-bond acceptors (Lipinski definition) is 3. The van der Waals surface area contributed by atoms with Crippen LogP contribution in [0.15, 0.2) is 37.2 Å². The number of nitrogens with zero attached hydrogens (tertiary/aromatic N) is 2. The topological polar surface area (TPSA) is 39.1 Å². The minimum atomic E-state index is -0.385. The zero-order chi connectivity index (χ0) is 13.0. The van der Waals surface area contributed by atoms with Gasteiger partial charge in [-0.3, -0.25) is 0 Å². The van der Waals surface area contributed by atoms with Crippen LogP contribution in [-0.2, 0) is 6.54 Å². The molecule has 2 aromatic rings. The van der Waals surface area contributed by atoms with E-state index in [2.05, 4.69) is 17.0 Å². The highest BCUT2D eigenvalue weighted by Gasteiger charge is 2.03. The summed E-state index contributed by atoms with van der Waals surface area (Å²) < 4.78 is 19.9. The Hall–Kier alpha value is -2.30. The number of nitrogens with one attached hydrogen (secondary N) is 1. The first kappa shape index (κ1) is 12.2. The number of anilines is 1. The molecule has 1 heterocycles. The lowest BCUT2D eigenvalue weighted by Gasteiger charge is -2.07. The van der Waals surface area contributed by atoms with Gasteiger partial charge in [-0.1, -0.05) is 6.58 Å². The van der Waals surface area contributed by atoms with Crippen LogP contribution in [0.5, 0.6) is 5.75 Å². The number of benzene rings is 1. The highest BCUT2D eigenvalue weighted by molar-refractivity contribution is 5.47. The van der Waals surface area contributed by atoms with Crippen LogP contribution >= 0.6 is 0 Å². The fourth-order valence-corrected chi connectivity index (χ4v) is 1.55. The fraction of sp³-hybridized carbons (Fsp3) is 0.154.